The Kier molecular flexibility index (Phi) is 3.69. The number of rotatable bonds is 2. The zero-order valence-corrected chi connectivity index (χ0v) is 12.6. The van der Waals surface area contributed by atoms with Crippen LogP contribution >= 0.6 is 11.6 Å². The minimum Gasteiger partial charge on any atom is -0.302 e. The Hall–Kier alpha value is -2.59. The number of amides is 3. The van der Waals surface area contributed by atoms with Gasteiger partial charge in [-0.05, 0) is 48.4 Å². The minimum atomic E-state index is -0.466. The van der Waals surface area contributed by atoms with Crippen LogP contribution in [-0.2, 0) is 4.79 Å². The van der Waals surface area contributed by atoms with Crippen LogP contribution in [0.5, 0.6) is 0 Å². The van der Waals surface area contributed by atoms with Crippen LogP contribution in [0.2, 0.25) is 5.02 Å². The molecule has 0 aliphatic carbocycles. The third-order valence-corrected chi connectivity index (χ3v) is 3.70. The summed E-state index contributed by atoms with van der Waals surface area (Å²) in [5.41, 5.74) is 2.67. The van der Waals surface area contributed by atoms with E-state index in [4.69, 9.17) is 11.6 Å². The molecule has 5 heteroatoms. The Morgan fingerprint density at radius 3 is 2.41 bits per heavy atom. The Morgan fingerprint density at radius 1 is 1.05 bits per heavy atom. The molecule has 1 fully saturated rings. The third kappa shape index (κ3) is 2.61. The van der Waals surface area contributed by atoms with Gasteiger partial charge < -0.3 is 5.32 Å². The van der Waals surface area contributed by atoms with E-state index in [9.17, 15) is 9.59 Å². The van der Waals surface area contributed by atoms with Crippen LogP contribution in [0.1, 0.15) is 11.1 Å². The van der Waals surface area contributed by atoms with E-state index in [0.717, 1.165) is 16.0 Å². The van der Waals surface area contributed by atoms with Crippen LogP contribution in [-0.4, -0.2) is 11.9 Å². The molecule has 0 atom stereocenters. The summed E-state index contributed by atoms with van der Waals surface area (Å²) in [4.78, 5) is 25.6. The summed E-state index contributed by atoms with van der Waals surface area (Å²) in [6.45, 7) is 1.95. The van der Waals surface area contributed by atoms with E-state index < -0.39 is 6.03 Å². The molecule has 4 nitrogen and oxygen atoms in total. The molecule has 0 saturated carbocycles. The van der Waals surface area contributed by atoms with Gasteiger partial charge in [0.15, 0.2) is 0 Å². The highest BCUT2D eigenvalue weighted by atomic mass is 35.5. The average molecular weight is 313 g/mol. The number of nitrogens with zero attached hydrogens (tertiary/aromatic N) is 1. The second kappa shape index (κ2) is 5.66. The van der Waals surface area contributed by atoms with Crippen molar-refractivity contribution in [2.45, 2.75) is 6.92 Å². The zero-order valence-electron chi connectivity index (χ0n) is 11.8. The smallest absolute Gasteiger partial charge is 0.302 e. The number of carbonyl (C=O) groups excluding carboxylic acids is 2. The molecular weight excluding hydrogens is 300 g/mol. The molecule has 0 unspecified atom stereocenters. The number of carbonyl (C=O) groups is 2. The largest absolute Gasteiger partial charge is 0.333 e. The third-order valence-electron chi connectivity index (χ3n) is 3.45. The highest BCUT2D eigenvalue weighted by Gasteiger charge is 2.34. The maximum absolute atomic E-state index is 12.5. The number of urea groups is 1. The van der Waals surface area contributed by atoms with Crippen molar-refractivity contribution >= 4 is 35.3 Å². The first-order valence-electron chi connectivity index (χ1n) is 6.74. The lowest BCUT2D eigenvalue weighted by atomic mass is 10.1. The Morgan fingerprint density at radius 2 is 1.73 bits per heavy atom. The average Bonchev–Trinajstić information content (AvgIpc) is 2.77. The summed E-state index contributed by atoms with van der Waals surface area (Å²) in [6, 6.07) is 13.7. The monoisotopic (exact) mass is 312 g/mol. The number of imide groups is 1. The first-order valence-corrected chi connectivity index (χ1v) is 7.12. The van der Waals surface area contributed by atoms with Gasteiger partial charge in [0.1, 0.15) is 5.70 Å². The van der Waals surface area contributed by atoms with Crippen LogP contribution in [0.15, 0.2) is 54.2 Å². The van der Waals surface area contributed by atoms with Crippen molar-refractivity contribution in [3.8, 4) is 0 Å². The van der Waals surface area contributed by atoms with E-state index in [2.05, 4.69) is 5.32 Å². The van der Waals surface area contributed by atoms with Crippen LogP contribution in [0, 0.1) is 6.92 Å². The van der Waals surface area contributed by atoms with Gasteiger partial charge in [0, 0.05) is 5.02 Å². The van der Waals surface area contributed by atoms with E-state index in [1.54, 1.807) is 30.3 Å². The SMILES string of the molecule is Cc1ccccc1/C=C1/NC(=O)N(c2ccc(Cl)cc2)C1=O. The van der Waals surface area contributed by atoms with Crippen molar-refractivity contribution in [3.63, 3.8) is 0 Å². The van der Waals surface area contributed by atoms with Crippen molar-refractivity contribution in [1.82, 2.24) is 5.32 Å². The molecule has 1 aliphatic rings. The van der Waals surface area contributed by atoms with Gasteiger partial charge in [-0.25, -0.2) is 9.69 Å². The van der Waals surface area contributed by atoms with Crippen LogP contribution in [0.4, 0.5) is 10.5 Å². The summed E-state index contributed by atoms with van der Waals surface area (Å²) in [5.74, 6) is -0.379. The number of nitrogens with one attached hydrogen (secondary N) is 1. The fourth-order valence-electron chi connectivity index (χ4n) is 2.26. The molecule has 2 aromatic carbocycles. The molecule has 0 bridgehead atoms. The molecule has 1 N–H and O–H groups in total. The summed E-state index contributed by atoms with van der Waals surface area (Å²) < 4.78 is 0. The number of aryl methyl sites for hydroxylation is 1. The molecule has 1 heterocycles. The molecule has 3 amide bonds. The van der Waals surface area contributed by atoms with Crippen molar-refractivity contribution in [3.05, 3.63) is 70.4 Å². The molecule has 2 aromatic rings. The molecule has 0 aromatic heterocycles. The first kappa shape index (κ1) is 14.4. The van der Waals surface area contributed by atoms with E-state index in [0.29, 0.717) is 10.7 Å². The fourth-order valence-corrected chi connectivity index (χ4v) is 2.39. The number of anilines is 1. The Bertz CT molecular complexity index is 782. The van der Waals surface area contributed by atoms with Crippen molar-refractivity contribution in [2.75, 3.05) is 4.90 Å². The lowest BCUT2D eigenvalue weighted by Crippen LogP contribution is -2.30. The lowest BCUT2D eigenvalue weighted by Gasteiger charge is -2.11. The molecule has 1 saturated heterocycles. The highest BCUT2D eigenvalue weighted by molar-refractivity contribution is 6.31. The van der Waals surface area contributed by atoms with Gasteiger partial charge in [-0.15, -0.1) is 0 Å². The number of hydrogen-bond acceptors (Lipinski definition) is 2. The summed E-state index contributed by atoms with van der Waals surface area (Å²) in [7, 11) is 0. The maximum Gasteiger partial charge on any atom is 0.333 e. The van der Waals surface area contributed by atoms with E-state index >= 15 is 0 Å². The predicted octanol–water partition coefficient (Wildman–Crippen LogP) is 3.75. The van der Waals surface area contributed by atoms with E-state index in [1.807, 2.05) is 31.2 Å². The van der Waals surface area contributed by atoms with Gasteiger partial charge in [0.2, 0.25) is 0 Å². The van der Waals surface area contributed by atoms with Crippen molar-refractivity contribution in [1.29, 1.82) is 0 Å². The second-order valence-electron chi connectivity index (χ2n) is 4.96. The minimum absolute atomic E-state index is 0.259. The number of benzene rings is 2. The standard InChI is InChI=1S/C17H13ClN2O2/c1-11-4-2-3-5-12(11)10-15-16(21)20(17(22)19-15)14-8-6-13(18)7-9-14/h2-10H,1H3,(H,19,22)/b15-10+. The molecule has 1 aliphatic heterocycles. The normalized spacial score (nSPS) is 16.3. The van der Waals surface area contributed by atoms with Gasteiger partial charge in [-0.3, -0.25) is 4.79 Å². The summed E-state index contributed by atoms with van der Waals surface area (Å²) in [5, 5.41) is 3.16. The number of hydrogen-bond donors (Lipinski definition) is 1. The fraction of sp³-hybridized carbons (Fsp3) is 0.0588. The first-order chi connectivity index (χ1) is 10.6. The summed E-state index contributed by atoms with van der Waals surface area (Å²) >= 11 is 5.83. The van der Waals surface area contributed by atoms with Gasteiger partial charge in [0.05, 0.1) is 5.69 Å². The summed E-state index contributed by atoms with van der Waals surface area (Å²) in [6.07, 6.45) is 1.69. The topological polar surface area (TPSA) is 49.4 Å². The van der Waals surface area contributed by atoms with Gasteiger partial charge in [-0.2, -0.15) is 0 Å². The number of halogens is 1. The molecule has 3 rings (SSSR count). The lowest BCUT2D eigenvalue weighted by molar-refractivity contribution is -0.113. The van der Waals surface area contributed by atoms with Gasteiger partial charge >= 0.3 is 6.03 Å². The predicted molar refractivity (Wildman–Crippen MR) is 86.6 cm³/mol. The van der Waals surface area contributed by atoms with Crippen molar-refractivity contribution < 1.29 is 9.59 Å². The Balaban J connectivity index is 1.95. The van der Waals surface area contributed by atoms with E-state index in [1.165, 1.54) is 0 Å². The van der Waals surface area contributed by atoms with Crippen LogP contribution in [0.25, 0.3) is 6.08 Å². The maximum atomic E-state index is 12.5. The quantitative estimate of drug-likeness (QED) is 0.678. The highest BCUT2D eigenvalue weighted by Crippen LogP contribution is 2.24. The Labute approximate surface area is 133 Å². The molecule has 0 spiro atoms. The molecular formula is C17H13ClN2O2. The molecule has 22 heavy (non-hydrogen) atoms. The molecule has 110 valence electrons. The van der Waals surface area contributed by atoms with Crippen LogP contribution < -0.4 is 10.2 Å². The van der Waals surface area contributed by atoms with E-state index in [-0.39, 0.29) is 11.6 Å². The molecule has 0 radical (unpaired) electrons. The van der Waals surface area contributed by atoms with Crippen molar-refractivity contribution in [2.24, 2.45) is 0 Å². The van der Waals surface area contributed by atoms with Crippen LogP contribution in [0.3, 0.4) is 0 Å². The van der Waals surface area contributed by atoms with Gasteiger partial charge in [-0.1, -0.05) is 35.9 Å². The second-order valence-corrected chi connectivity index (χ2v) is 5.40. The zero-order chi connectivity index (χ0) is 15.7. The van der Waals surface area contributed by atoms with Gasteiger partial charge in [0.25, 0.3) is 5.91 Å².